The number of hydrogen-bond acceptors (Lipinski definition) is 2. The van der Waals surface area contributed by atoms with Gasteiger partial charge in [-0.15, -0.1) is 12.4 Å². The largest absolute Gasteiger partial charge is 0.338 e. The van der Waals surface area contributed by atoms with E-state index in [2.05, 4.69) is 38.1 Å². The fourth-order valence-electron chi connectivity index (χ4n) is 2.87. The van der Waals surface area contributed by atoms with Crippen LogP contribution in [0.15, 0.2) is 24.3 Å². The lowest BCUT2D eigenvalue weighted by Gasteiger charge is -2.23. The molecule has 1 aliphatic heterocycles. The van der Waals surface area contributed by atoms with Crippen molar-refractivity contribution in [3.05, 3.63) is 35.4 Å². The minimum absolute atomic E-state index is 0. The molecule has 3 nitrogen and oxygen atoms in total. The van der Waals surface area contributed by atoms with Crippen molar-refractivity contribution in [2.24, 2.45) is 5.73 Å². The average Bonchev–Trinajstić information content (AvgIpc) is 2.70. The summed E-state index contributed by atoms with van der Waals surface area (Å²) in [6.45, 7) is 6.80. The number of nitrogens with two attached hydrogens (primary N) is 1. The quantitative estimate of drug-likeness (QED) is 0.906. The van der Waals surface area contributed by atoms with Gasteiger partial charge in [0.1, 0.15) is 0 Å². The summed E-state index contributed by atoms with van der Waals surface area (Å²) in [6.07, 6.45) is 1.03. The summed E-state index contributed by atoms with van der Waals surface area (Å²) < 4.78 is 0. The van der Waals surface area contributed by atoms with E-state index >= 15 is 0 Å². The van der Waals surface area contributed by atoms with Crippen molar-refractivity contribution >= 4 is 18.3 Å². The van der Waals surface area contributed by atoms with Crippen molar-refractivity contribution < 1.29 is 4.79 Å². The van der Waals surface area contributed by atoms with Crippen LogP contribution in [0.2, 0.25) is 0 Å². The Balaban J connectivity index is 0.00000180. The van der Waals surface area contributed by atoms with Crippen molar-refractivity contribution in [3.8, 4) is 0 Å². The Hall–Kier alpha value is -1.06. The highest BCUT2D eigenvalue weighted by molar-refractivity contribution is 5.85. The van der Waals surface area contributed by atoms with Crippen LogP contribution in [-0.4, -0.2) is 29.4 Å². The standard InChI is InChI=1S/C15H22N2O.ClH/c1-10-6-4-5-7-14(10)13-8-11(2)17(9-13)15(18)12(3)16;/h4-7,11-13H,8-9,16H2,1-3H3;1H/t11?,12-,13?;/m1./s1. The van der Waals surface area contributed by atoms with Gasteiger partial charge >= 0.3 is 0 Å². The van der Waals surface area contributed by atoms with E-state index in [1.54, 1.807) is 6.92 Å². The molecule has 0 spiro atoms. The summed E-state index contributed by atoms with van der Waals surface area (Å²) in [4.78, 5) is 14.0. The molecule has 1 fully saturated rings. The smallest absolute Gasteiger partial charge is 0.239 e. The van der Waals surface area contributed by atoms with Gasteiger partial charge in [0.25, 0.3) is 0 Å². The summed E-state index contributed by atoms with van der Waals surface area (Å²) in [6, 6.07) is 8.32. The molecule has 2 unspecified atom stereocenters. The Morgan fingerprint density at radius 3 is 2.63 bits per heavy atom. The highest BCUT2D eigenvalue weighted by Gasteiger charge is 2.34. The number of benzene rings is 1. The highest BCUT2D eigenvalue weighted by atomic mass is 35.5. The predicted molar refractivity (Wildman–Crippen MR) is 80.6 cm³/mol. The van der Waals surface area contributed by atoms with E-state index in [0.29, 0.717) is 5.92 Å². The molecule has 2 rings (SSSR count). The molecule has 1 aromatic rings. The maximum Gasteiger partial charge on any atom is 0.239 e. The summed E-state index contributed by atoms with van der Waals surface area (Å²) in [5, 5.41) is 0. The first-order valence-electron chi connectivity index (χ1n) is 6.62. The van der Waals surface area contributed by atoms with Gasteiger partial charge in [-0.25, -0.2) is 0 Å². The van der Waals surface area contributed by atoms with Gasteiger partial charge in [0.2, 0.25) is 5.91 Å². The van der Waals surface area contributed by atoms with Gasteiger partial charge in [0, 0.05) is 18.5 Å². The van der Waals surface area contributed by atoms with E-state index in [1.165, 1.54) is 11.1 Å². The molecule has 3 atom stereocenters. The molecule has 0 radical (unpaired) electrons. The van der Waals surface area contributed by atoms with Crippen LogP contribution in [0.3, 0.4) is 0 Å². The molecule has 2 N–H and O–H groups in total. The predicted octanol–water partition coefficient (Wildman–Crippen LogP) is 2.47. The van der Waals surface area contributed by atoms with Crippen molar-refractivity contribution in [2.75, 3.05) is 6.54 Å². The molecular weight excluding hydrogens is 260 g/mol. The van der Waals surface area contributed by atoms with E-state index < -0.39 is 6.04 Å². The fraction of sp³-hybridized carbons (Fsp3) is 0.533. The van der Waals surface area contributed by atoms with Crippen molar-refractivity contribution in [2.45, 2.75) is 45.2 Å². The minimum atomic E-state index is -0.400. The Labute approximate surface area is 121 Å². The van der Waals surface area contributed by atoms with Crippen LogP contribution in [0.1, 0.15) is 37.3 Å². The summed E-state index contributed by atoms with van der Waals surface area (Å²) in [7, 11) is 0. The zero-order valence-electron chi connectivity index (χ0n) is 11.8. The number of carbonyl (C=O) groups is 1. The van der Waals surface area contributed by atoms with Crippen molar-refractivity contribution in [1.29, 1.82) is 0 Å². The lowest BCUT2D eigenvalue weighted by Crippen LogP contribution is -2.43. The van der Waals surface area contributed by atoms with E-state index in [-0.39, 0.29) is 24.4 Å². The first kappa shape index (κ1) is 16.0. The van der Waals surface area contributed by atoms with Crippen LogP contribution in [-0.2, 0) is 4.79 Å². The van der Waals surface area contributed by atoms with Crippen LogP contribution in [0.5, 0.6) is 0 Å². The second kappa shape index (κ2) is 6.40. The molecule has 1 saturated heterocycles. The zero-order valence-corrected chi connectivity index (χ0v) is 12.6. The number of carbonyl (C=O) groups excluding carboxylic acids is 1. The molecule has 19 heavy (non-hydrogen) atoms. The molecule has 0 bridgehead atoms. The Morgan fingerprint density at radius 2 is 2.05 bits per heavy atom. The van der Waals surface area contributed by atoms with Gasteiger partial charge in [-0.1, -0.05) is 24.3 Å². The van der Waals surface area contributed by atoms with Gasteiger partial charge < -0.3 is 10.6 Å². The van der Waals surface area contributed by atoms with Crippen LogP contribution >= 0.6 is 12.4 Å². The zero-order chi connectivity index (χ0) is 13.3. The molecule has 1 heterocycles. The van der Waals surface area contributed by atoms with Crippen LogP contribution in [0.25, 0.3) is 0 Å². The Morgan fingerprint density at radius 1 is 1.42 bits per heavy atom. The molecule has 106 valence electrons. The summed E-state index contributed by atoms with van der Waals surface area (Å²) in [5.74, 6) is 0.516. The Bertz CT molecular complexity index is 448. The first-order valence-corrected chi connectivity index (χ1v) is 6.62. The van der Waals surface area contributed by atoms with Crippen LogP contribution < -0.4 is 5.73 Å². The second-order valence-corrected chi connectivity index (χ2v) is 5.42. The SMILES string of the molecule is Cc1ccccc1C1CC(C)N(C(=O)[C@@H](C)N)C1.Cl. The first-order chi connectivity index (χ1) is 8.50. The average molecular weight is 283 g/mol. The lowest BCUT2D eigenvalue weighted by molar-refractivity contribution is -0.132. The van der Waals surface area contributed by atoms with Gasteiger partial charge in [-0.2, -0.15) is 0 Å². The highest BCUT2D eigenvalue weighted by Crippen LogP contribution is 2.33. The molecule has 0 aromatic heterocycles. The van der Waals surface area contributed by atoms with Gasteiger partial charge in [0.15, 0.2) is 0 Å². The topological polar surface area (TPSA) is 46.3 Å². The number of nitrogens with zero attached hydrogens (tertiary/aromatic N) is 1. The molecule has 1 amide bonds. The molecule has 0 saturated carbocycles. The molecular formula is C15H23ClN2O. The number of hydrogen-bond donors (Lipinski definition) is 1. The van der Waals surface area contributed by atoms with Gasteiger partial charge in [-0.3, -0.25) is 4.79 Å². The maximum atomic E-state index is 12.0. The molecule has 1 aromatic carbocycles. The van der Waals surface area contributed by atoms with E-state index in [1.807, 2.05) is 4.90 Å². The second-order valence-electron chi connectivity index (χ2n) is 5.42. The van der Waals surface area contributed by atoms with Crippen molar-refractivity contribution in [3.63, 3.8) is 0 Å². The number of amides is 1. The van der Waals surface area contributed by atoms with Crippen LogP contribution in [0.4, 0.5) is 0 Å². The van der Waals surface area contributed by atoms with Gasteiger partial charge in [-0.05, 0) is 38.3 Å². The molecule has 4 heteroatoms. The van der Waals surface area contributed by atoms with Crippen molar-refractivity contribution in [1.82, 2.24) is 4.90 Å². The lowest BCUT2D eigenvalue weighted by atomic mass is 9.93. The third-order valence-corrected chi connectivity index (χ3v) is 3.88. The monoisotopic (exact) mass is 282 g/mol. The number of aryl methyl sites for hydroxylation is 1. The van der Waals surface area contributed by atoms with Gasteiger partial charge in [0.05, 0.1) is 6.04 Å². The summed E-state index contributed by atoms with van der Waals surface area (Å²) in [5.41, 5.74) is 8.38. The maximum absolute atomic E-state index is 12.0. The van der Waals surface area contributed by atoms with Crippen LogP contribution in [0, 0.1) is 6.92 Å². The third kappa shape index (κ3) is 3.28. The normalized spacial score (nSPS) is 23.9. The molecule has 1 aliphatic rings. The third-order valence-electron chi connectivity index (χ3n) is 3.88. The molecule has 0 aliphatic carbocycles. The minimum Gasteiger partial charge on any atom is -0.338 e. The van der Waals surface area contributed by atoms with E-state index in [0.717, 1.165) is 13.0 Å². The van der Waals surface area contributed by atoms with E-state index in [9.17, 15) is 4.79 Å². The fourth-order valence-corrected chi connectivity index (χ4v) is 2.87. The van der Waals surface area contributed by atoms with E-state index in [4.69, 9.17) is 5.73 Å². The summed E-state index contributed by atoms with van der Waals surface area (Å²) >= 11 is 0. The number of rotatable bonds is 2. The Kier molecular flexibility index (Phi) is 5.39. The number of likely N-dealkylation sites (tertiary alicyclic amines) is 1. The number of halogens is 1.